The quantitative estimate of drug-likeness (QED) is 0.752. The summed E-state index contributed by atoms with van der Waals surface area (Å²) in [5.41, 5.74) is 1.13. The number of quaternary nitrogens is 1. The first kappa shape index (κ1) is 18.9. The Hall–Kier alpha value is -1.40. The fourth-order valence-electron chi connectivity index (χ4n) is 2.82. The van der Waals surface area contributed by atoms with Gasteiger partial charge < -0.3 is 4.90 Å². The van der Waals surface area contributed by atoms with E-state index in [9.17, 15) is 8.42 Å². The van der Waals surface area contributed by atoms with Crippen molar-refractivity contribution in [3.8, 4) is 0 Å². The summed E-state index contributed by atoms with van der Waals surface area (Å²) in [6, 6.07) is 16.3. The summed E-state index contributed by atoms with van der Waals surface area (Å²) in [6.45, 7) is 6.44. The molecular weight excluding hydrogens is 344 g/mol. The highest BCUT2D eigenvalue weighted by Crippen LogP contribution is 2.15. The van der Waals surface area contributed by atoms with Crippen molar-refractivity contribution in [1.82, 2.24) is 4.72 Å². The molecule has 24 heavy (non-hydrogen) atoms. The predicted octanol–water partition coefficient (Wildman–Crippen LogP) is 2.28. The van der Waals surface area contributed by atoms with Crippen LogP contribution in [0.25, 0.3) is 0 Å². The minimum atomic E-state index is -3.55. The number of rotatable bonds is 8. The molecule has 6 heteroatoms. The fraction of sp³-hybridized carbons (Fsp3) is 0.333. The van der Waals surface area contributed by atoms with Crippen LogP contribution in [0.4, 0.5) is 0 Å². The maximum atomic E-state index is 12.5. The van der Waals surface area contributed by atoms with Crippen molar-refractivity contribution < 1.29 is 13.3 Å². The molecule has 0 aromatic heterocycles. The molecule has 4 nitrogen and oxygen atoms in total. The van der Waals surface area contributed by atoms with Crippen LogP contribution in [0.3, 0.4) is 0 Å². The van der Waals surface area contributed by atoms with Crippen LogP contribution in [0.1, 0.15) is 25.5 Å². The predicted molar refractivity (Wildman–Crippen MR) is 97.9 cm³/mol. The largest absolute Gasteiger partial charge is 0.328 e. The number of benzene rings is 2. The molecule has 1 atom stereocenters. The molecular formula is C18H24ClN2O2S+. The lowest BCUT2D eigenvalue weighted by Crippen LogP contribution is -3.12. The molecule has 0 saturated carbocycles. The molecule has 0 saturated heterocycles. The minimum Gasteiger partial charge on any atom is -0.328 e. The zero-order chi connectivity index (χ0) is 17.6. The Morgan fingerprint density at radius 1 is 1.00 bits per heavy atom. The van der Waals surface area contributed by atoms with Gasteiger partial charge in [-0.3, -0.25) is 0 Å². The van der Waals surface area contributed by atoms with Crippen LogP contribution >= 0.6 is 11.6 Å². The van der Waals surface area contributed by atoms with Crippen molar-refractivity contribution in [1.29, 1.82) is 0 Å². The van der Waals surface area contributed by atoms with Crippen LogP contribution in [0, 0.1) is 0 Å². The van der Waals surface area contributed by atoms with E-state index >= 15 is 0 Å². The van der Waals surface area contributed by atoms with E-state index in [2.05, 4.69) is 18.6 Å². The lowest BCUT2D eigenvalue weighted by atomic mass is 10.1. The molecule has 2 aromatic rings. The van der Waals surface area contributed by atoms with E-state index in [4.69, 9.17) is 11.6 Å². The summed E-state index contributed by atoms with van der Waals surface area (Å²) >= 11 is 5.83. The van der Waals surface area contributed by atoms with E-state index in [1.54, 1.807) is 12.1 Å². The van der Waals surface area contributed by atoms with Gasteiger partial charge in [-0.25, -0.2) is 13.1 Å². The van der Waals surface area contributed by atoms with Crippen LogP contribution in [0.2, 0.25) is 5.02 Å². The average molecular weight is 368 g/mol. The summed E-state index contributed by atoms with van der Waals surface area (Å²) < 4.78 is 27.8. The maximum Gasteiger partial charge on any atom is 0.240 e. The van der Waals surface area contributed by atoms with Gasteiger partial charge in [0.1, 0.15) is 6.04 Å². The summed E-state index contributed by atoms with van der Waals surface area (Å²) in [5.74, 6) is 0. The molecule has 0 heterocycles. The van der Waals surface area contributed by atoms with Crippen molar-refractivity contribution >= 4 is 21.6 Å². The van der Waals surface area contributed by atoms with Gasteiger partial charge in [0.2, 0.25) is 10.0 Å². The van der Waals surface area contributed by atoms with Crippen molar-refractivity contribution in [3.05, 3.63) is 65.2 Å². The third kappa shape index (κ3) is 4.80. The molecule has 0 fully saturated rings. The smallest absolute Gasteiger partial charge is 0.240 e. The highest BCUT2D eigenvalue weighted by atomic mass is 35.5. The van der Waals surface area contributed by atoms with Crippen LogP contribution < -0.4 is 9.62 Å². The molecule has 0 bridgehead atoms. The highest BCUT2D eigenvalue weighted by Gasteiger charge is 2.24. The second-order valence-electron chi connectivity index (χ2n) is 5.63. The van der Waals surface area contributed by atoms with E-state index in [-0.39, 0.29) is 10.9 Å². The van der Waals surface area contributed by atoms with Gasteiger partial charge in [-0.05, 0) is 38.1 Å². The van der Waals surface area contributed by atoms with Gasteiger partial charge in [0, 0.05) is 10.6 Å². The molecule has 0 aliphatic heterocycles. The topological polar surface area (TPSA) is 50.6 Å². The molecule has 0 unspecified atom stereocenters. The first-order valence-electron chi connectivity index (χ1n) is 8.12. The van der Waals surface area contributed by atoms with Gasteiger partial charge in [0.25, 0.3) is 0 Å². The van der Waals surface area contributed by atoms with E-state index in [0.717, 1.165) is 18.7 Å². The van der Waals surface area contributed by atoms with Gasteiger partial charge in [-0.15, -0.1) is 0 Å². The van der Waals surface area contributed by atoms with E-state index in [0.29, 0.717) is 11.6 Å². The summed E-state index contributed by atoms with van der Waals surface area (Å²) in [6.07, 6.45) is 0. The molecule has 2 N–H and O–H groups in total. The number of hydrogen-bond acceptors (Lipinski definition) is 2. The maximum absolute atomic E-state index is 12.5. The molecule has 0 spiro atoms. The third-order valence-electron chi connectivity index (χ3n) is 4.20. The number of likely N-dealkylation sites (N-methyl/N-ethyl adjacent to an activating group) is 1. The fourth-order valence-corrected chi connectivity index (χ4v) is 3.99. The molecule has 0 aliphatic carbocycles. The van der Waals surface area contributed by atoms with Crippen LogP contribution in [-0.4, -0.2) is 28.1 Å². The van der Waals surface area contributed by atoms with E-state index in [1.165, 1.54) is 17.0 Å². The Morgan fingerprint density at radius 2 is 1.58 bits per heavy atom. The molecule has 0 amide bonds. The highest BCUT2D eigenvalue weighted by molar-refractivity contribution is 7.89. The zero-order valence-electron chi connectivity index (χ0n) is 14.0. The zero-order valence-corrected chi connectivity index (χ0v) is 15.6. The van der Waals surface area contributed by atoms with Gasteiger partial charge >= 0.3 is 0 Å². The van der Waals surface area contributed by atoms with E-state index in [1.807, 2.05) is 30.3 Å². The van der Waals surface area contributed by atoms with Gasteiger partial charge in [-0.2, -0.15) is 0 Å². The summed E-state index contributed by atoms with van der Waals surface area (Å²) in [5, 5.41) is 0.517. The lowest BCUT2D eigenvalue weighted by molar-refractivity contribution is -0.927. The van der Waals surface area contributed by atoms with Gasteiger partial charge in [0.05, 0.1) is 24.5 Å². The minimum absolute atomic E-state index is 0.0725. The number of sulfonamides is 1. The Labute approximate surface area is 149 Å². The molecule has 0 aliphatic rings. The van der Waals surface area contributed by atoms with Crippen molar-refractivity contribution in [2.24, 2.45) is 0 Å². The summed E-state index contributed by atoms with van der Waals surface area (Å²) in [7, 11) is -3.55. The molecule has 0 radical (unpaired) electrons. The van der Waals surface area contributed by atoms with Crippen LogP contribution in [0.15, 0.2) is 59.5 Å². The summed E-state index contributed by atoms with van der Waals surface area (Å²) in [4.78, 5) is 1.56. The van der Waals surface area contributed by atoms with Crippen LogP contribution in [-0.2, 0) is 10.0 Å². The molecule has 2 rings (SSSR count). The monoisotopic (exact) mass is 367 g/mol. The number of halogens is 1. The average Bonchev–Trinajstić information content (AvgIpc) is 2.59. The van der Waals surface area contributed by atoms with Crippen molar-refractivity contribution in [2.75, 3.05) is 19.6 Å². The second kappa shape index (κ2) is 8.62. The standard InChI is InChI=1S/C18H23ClN2O2S/c1-3-21(4-2)18(15-8-6-5-7-9-15)14-20-24(22,23)17-12-10-16(19)11-13-17/h5-13,18,20H,3-4,14H2,1-2H3/p+1/t18-/m0/s1. The third-order valence-corrected chi connectivity index (χ3v) is 5.90. The van der Waals surface area contributed by atoms with Gasteiger partial charge in [-0.1, -0.05) is 41.9 Å². The second-order valence-corrected chi connectivity index (χ2v) is 7.84. The Kier molecular flexibility index (Phi) is 6.80. The van der Waals surface area contributed by atoms with Crippen molar-refractivity contribution in [2.45, 2.75) is 24.8 Å². The van der Waals surface area contributed by atoms with Crippen LogP contribution in [0.5, 0.6) is 0 Å². The van der Waals surface area contributed by atoms with E-state index < -0.39 is 10.0 Å². The van der Waals surface area contributed by atoms with Gasteiger partial charge in [0.15, 0.2) is 0 Å². The number of hydrogen-bond donors (Lipinski definition) is 2. The number of nitrogens with one attached hydrogen (secondary N) is 2. The van der Waals surface area contributed by atoms with Crippen molar-refractivity contribution in [3.63, 3.8) is 0 Å². The lowest BCUT2D eigenvalue weighted by Gasteiger charge is -2.27. The first-order chi connectivity index (χ1) is 11.5. The Morgan fingerprint density at radius 3 is 2.12 bits per heavy atom. The normalized spacial score (nSPS) is 13.2. The Balaban J connectivity index is 2.19. The first-order valence-corrected chi connectivity index (χ1v) is 9.98. The molecule has 130 valence electrons. The Bertz CT molecular complexity index is 729. The SMILES string of the molecule is CC[NH+](CC)[C@@H](CNS(=O)(=O)c1ccc(Cl)cc1)c1ccccc1. The molecule has 2 aromatic carbocycles.